The molecule has 1 aromatic heterocycles. The molecule has 0 atom stereocenters. The van der Waals surface area contributed by atoms with Gasteiger partial charge in [-0.15, -0.1) is 0 Å². The Hall–Kier alpha value is -1.58. The predicted molar refractivity (Wildman–Crippen MR) is 40.3 cm³/mol. The van der Waals surface area contributed by atoms with Crippen molar-refractivity contribution in [2.24, 2.45) is 5.73 Å². The number of carbonyl (C=O) groups excluding carboxylic acids is 1. The lowest BCUT2D eigenvalue weighted by atomic mass is 10.2. The molecule has 0 aliphatic carbocycles. The number of hydrogen-bond donors (Lipinski definition) is 2. The Kier molecular flexibility index (Phi) is 1.76. The Balaban J connectivity index is 3.26. The van der Waals surface area contributed by atoms with Crippen molar-refractivity contribution in [2.45, 2.75) is 6.92 Å². The number of nitrogens with one attached hydrogen (secondary N) is 1. The van der Waals surface area contributed by atoms with Gasteiger partial charge in [0, 0.05) is 5.56 Å². The number of aryl methyl sites for hydroxylation is 1. The van der Waals surface area contributed by atoms with Crippen LogP contribution in [0.15, 0.2) is 16.9 Å². The number of amides is 1. The number of nitrogens with two attached hydrogens (primary N) is 1. The van der Waals surface area contributed by atoms with Crippen LogP contribution in [0.1, 0.15) is 16.1 Å². The fourth-order valence-electron chi connectivity index (χ4n) is 0.690. The highest BCUT2D eigenvalue weighted by atomic mass is 16.1. The summed E-state index contributed by atoms with van der Waals surface area (Å²) < 4.78 is 0. The van der Waals surface area contributed by atoms with Gasteiger partial charge in [-0.2, -0.15) is 0 Å². The highest BCUT2D eigenvalue weighted by Crippen LogP contribution is 1.91. The van der Waals surface area contributed by atoms with Gasteiger partial charge in [-0.05, 0) is 13.0 Å². The van der Waals surface area contributed by atoms with E-state index in [0.717, 1.165) is 0 Å². The molecule has 0 radical (unpaired) electrons. The van der Waals surface area contributed by atoms with Crippen LogP contribution in [0.5, 0.6) is 0 Å². The van der Waals surface area contributed by atoms with Gasteiger partial charge in [-0.25, -0.2) is 0 Å². The van der Waals surface area contributed by atoms with Gasteiger partial charge >= 0.3 is 0 Å². The molecule has 0 fully saturated rings. The molecule has 1 amide bonds. The van der Waals surface area contributed by atoms with E-state index in [2.05, 4.69) is 4.98 Å². The number of aromatic amines is 1. The van der Waals surface area contributed by atoms with Crippen LogP contribution >= 0.6 is 0 Å². The maximum absolute atomic E-state index is 10.9. The maximum atomic E-state index is 10.9. The van der Waals surface area contributed by atoms with Gasteiger partial charge in [0.05, 0.1) is 0 Å². The minimum Gasteiger partial charge on any atom is -0.364 e. The third kappa shape index (κ3) is 1.46. The van der Waals surface area contributed by atoms with Crippen LogP contribution in [-0.2, 0) is 0 Å². The van der Waals surface area contributed by atoms with E-state index in [1.807, 2.05) is 0 Å². The fraction of sp³-hybridized carbons (Fsp3) is 0.143. The summed E-state index contributed by atoms with van der Waals surface area (Å²) in [6.07, 6.45) is 0. The highest BCUT2D eigenvalue weighted by molar-refractivity contribution is 5.90. The van der Waals surface area contributed by atoms with E-state index in [4.69, 9.17) is 5.73 Å². The molecule has 1 heterocycles. The van der Waals surface area contributed by atoms with Gasteiger partial charge in [0.2, 0.25) is 0 Å². The zero-order valence-corrected chi connectivity index (χ0v) is 6.05. The minimum absolute atomic E-state index is 0.139. The van der Waals surface area contributed by atoms with E-state index in [-0.39, 0.29) is 11.3 Å². The van der Waals surface area contributed by atoms with Crippen molar-refractivity contribution >= 4 is 5.91 Å². The summed E-state index contributed by atoms with van der Waals surface area (Å²) in [5, 5.41) is 0. The van der Waals surface area contributed by atoms with Crippen molar-refractivity contribution in [1.29, 1.82) is 0 Å². The lowest BCUT2D eigenvalue weighted by molar-refractivity contribution is 0.0995. The minimum atomic E-state index is -0.623. The molecule has 0 unspecified atom stereocenters. The monoisotopic (exact) mass is 152 g/mol. The molecule has 3 N–H and O–H groups in total. The number of carbonyl (C=O) groups is 1. The van der Waals surface area contributed by atoms with Crippen molar-refractivity contribution in [3.05, 3.63) is 33.7 Å². The Labute approximate surface area is 63.0 Å². The van der Waals surface area contributed by atoms with E-state index < -0.39 is 5.91 Å². The summed E-state index contributed by atoms with van der Waals surface area (Å²) in [6, 6.07) is 3.04. The Morgan fingerprint density at radius 2 is 2.18 bits per heavy atom. The summed E-state index contributed by atoms with van der Waals surface area (Å²) in [7, 11) is 0. The molecule has 0 spiro atoms. The standard InChI is InChI=1S/C7H8N2O2/c1-4-2-3-5(6(8)10)9-7(4)11/h2-3H,1H3,(H2,8,10)(H,9,11). The molecule has 0 saturated heterocycles. The predicted octanol–water partition coefficient (Wildman–Crippen LogP) is -0.218. The van der Waals surface area contributed by atoms with Crippen LogP contribution in [0.2, 0.25) is 0 Å². The van der Waals surface area contributed by atoms with Crippen LogP contribution in [0, 0.1) is 6.92 Å². The smallest absolute Gasteiger partial charge is 0.265 e. The fourth-order valence-corrected chi connectivity index (χ4v) is 0.690. The topological polar surface area (TPSA) is 76.0 Å². The average Bonchev–Trinajstić information content (AvgIpc) is 1.94. The van der Waals surface area contributed by atoms with Crippen LogP contribution in [0.3, 0.4) is 0 Å². The third-order valence-electron chi connectivity index (χ3n) is 1.37. The summed E-state index contributed by atoms with van der Waals surface area (Å²) in [5.41, 5.74) is 5.35. The van der Waals surface area contributed by atoms with Crippen molar-refractivity contribution in [2.75, 3.05) is 0 Å². The molecular weight excluding hydrogens is 144 g/mol. The summed E-state index contributed by atoms with van der Waals surface area (Å²) >= 11 is 0. The average molecular weight is 152 g/mol. The molecular formula is C7H8N2O2. The van der Waals surface area contributed by atoms with E-state index in [1.54, 1.807) is 13.0 Å². The molecule has 4 nitrogen and oxygen atoms in total. The van der Waals surface area contributed by atoms with Gasteiger partial charge in [0.1, 0.15) is 5.69 Å². The lowest BCUT2D eigenvalue weighted by Gasteiger charge is -1.94. The zero-order chi connectivity index (χ0) is 8.43. The van der Waals surface area contributed by atoms with Gasteiger partial charge < -0.3 is 10.7 Å². The Morgan fingerprint density at radius 3 is 2.64 bits per heavy atom. The third-order valence-corrected chi connectivity index (χ3v) is 1.37. The lowest BCUT2D eigenvalue weighted by Crippen LogP contribution is -2.19. The molecule has 0 saturated carbocycles. The Morgan fingerprint density at radius 1 is 1.55 bits per heavy atom. The number of rotatable bonds is 1. The summed E-state index contributed by atoms with van der Waals surface area (Å²) in [5.74, 6) is -0.623. The van der Waals surface area contributed by atoms with Crippen molar-refractivity contribution < 1.29 is 4.79 Å². The molecule has 58 valence electrons. The first-order valence-electron chi connectivity index (χ1n) is 3.11. The van der Waals surface area contributed by atoms with Gasteiger partial charge in [0.25, 0.3) is 11.5 Å². The normalized spacial score (nSPS) is 9.55. The van der Waals surface area contributed by atoms with E-state index >= 15 is 0 Å². The highest BCUT2D eigenvalue weighted by Gasteiger charge is 2.00. The van der Waals surface area contributed by atoms with Gasteiger partial charge in [0.15, 0.2) is 0 Å². The number of aromatic nitrogens is 1. The van der Waals surface area contributed by atoms with E-state index in [1.165, 1.54) is 6.07 Å². The quantitative estimate of drug-likeness (QED) is 0.583. The van der Waals surface area contributed by atoms with Crippen molar-refractivity contribution in [3.63, 3.8) is 0 Å². The molecule has 0 aliphatic heterocycles. The van der Waals surface area contributed by atoms with E-state index in [9.17, 15) is 9.59 Å². The first-order chi connectivity index (χ1) is 5.11. The van der Waals surface area contributed by atoms with Crippen LogP contribution < -0.4 is 11.3 Å². The second-order valence-electron chi connectivity index (χ2n) is 2.25. The van der Waals surface area contributed by atoms with Crippen LogP contribution in [-0.4, -0.2) is 10.9 Å². The molecule has 4 heteroatoms. The number of pyridine rings is 1. The second-order valence-corrected chi connectivity index (χ2v) is 2.25. The molecule has 1 rings (SSSR count). The molecule has 0 bridgehead atoms. The summed E-state index contributed by atoms with van der Waals surface area (Å²) in [4.78, 5) is 23.7. The molecule has 1 aromatic rings. The second kappa shape index (κ2) is 2.57. The number of hydrogen-bond acceptors (Lipinski definition) is 2. The van der Waals surface area contributed by atoms with Crippen LogP contribution in [0.25, 0.3) is 0 Å². The zero-order valence-electron chi connectivity index (χ0n) is 6.05. The van der Waals surface area contributed by atoms with Gasteiger partial charge in [-0.3, -0.25) is 9.59 Å². The molecule has 0 aliphatic rings. The molecule has 11 heavy (non-hydrogen) atoms. The first-order valence-corrected chi connectivity index (χ1v) is 3.11. The Bertz CT molecular complexity index is 341. The largest absolute Gasteiger partial charge is 0.364 e. The number of primary amides is 1. The number of H-pyrrole nitrogens is 1. The summed E-state index contributed by atoms with van der Waals surface area (Å²) in [6.45, 7) is 1.66. The van der Waals surface area contributed by atoms with Crippen LogP contribution in [0.4, 0.5) is 0 Å². The van der Waals surface area contributed by atoms with Gasteiger partial charge in [-0.1, -0.05) is 6.07 Å². The van der Waals surface area contributed by atoms with Crippen molar-refractivity contribution in [3.8, 4) is 0 Å². The van der Waals surface area contributed by atoms with Crippen molar-refractivity contribution in [1.82, 2.24) is 4.98 Å². The molecule has 0 aromatic carbocycles. The maximum Gasteiger partial charge on any atom is 0.265 e. The van der Waals surface area contributed by atoms with E-state index in [0.29, 0.717) is 5.56 Å². The SMILES string of the molecule is Cc1ccc(C(N)=O)[nH]c1=O. The first kappa shape index (κ1) is 7.53.